The van der Waals surface area contributed by atoms with E-state index in [0.717, 1.165) is 34.9 Å². The number of benzene rings is 2. The van der Waals surface area contributed by atoms with Crippen LogP contribution in [0, 0.1) is 6.92 Å². The van der Waals surface area contributed by atoms with Gasteiger partial charge in [0, 0.05) is 11.6 Å². The van der Waals surface area contributed by atoms with Crippen molar-refractivity contribution in [3.05, 3.63) is 70.8 Å². The molecule has 34 heavy (non-hydrogen) atoms. The number of para-hydroxylation sites is 1. The summed E-state index contributed by atoms with van der Waals surface area (Å²) in [6.45, 7) is 8.68. The zero-order valence-electron chi connectivity index (χ0n) is 19.7. The standard InChI is InChI=1S/C25H28ClN5O2S/c1-5-19(6-2)31-22(15-32-21-13-8-7-12-20(21)26)27-30-25(31)34-17(4)23-28-29-24(33-23)18-11-9-10-16(3)14-18/h7-14,17,19H,5-6,15H2,1-4H3. The highest BCUT2D eigenvalue weighted by molar-refractivity contribution is 7.99. The molecule has 9 heteroatoms. The van der Waals surface area contributed by atoms with E-state index in [1.165, 1.54) is 0 Å². The molecule has 1 atom stereocenters. The molecule has 2 aromatic carbocycles. The first kappa shape index (κ1) is 24.3. The molecule has 4 aromatic rings. The minimum absolute atomic E-state index is 0.0966. The quantitative estimate of drug-likeness (QED) is 0.216. The summed E-state index contributed by atoms with van der Waals surface area (Å²) in [6, 6.07) is 15.7. The first-order valence-corrected chi connectivity index (χ1v) is 12.6. The first-order chi connectivity index (χ1) is 16.5. The van der Waals surface area contributed by atoms with Gasteiger partial charge in [0.15, 0.2) is 11.0 Å². The molecule has 0 bridgehead atoms. The lowest BCUT2D eigenvalue weighted by molar-refractivity contribution is 0.278. The third-order valence-electron chi connectivity index (χ3n) is 5.57. The number of ether oxygens (including phenoxy) is 1. The van der Waals surface area contributed by atoms with Crippen molar-refractivity contribution in [3.63, 3.8) is 0 Å². The monoisotopic (exact) mass is 497 g/mol. The third-order valence-corrected chi connectivity index (χ3v) is 6.93. The van der Waals surface area contributed by atoms with Gasteiger partial charge in [-0.1, -0.05) is 67.0 Å². The summed E-state index contributed by atoms with van der Waals surface area (Å²) in [5.74, 6) is 2.45. The van der Waals surface area contributed by atoms with Crippen molar-refractivity contribution in [2.75, 3.05) is 0 Å². The SMILES string of the molecule is CCC(CC)n1c(COc2ccccc2Cl)nnc1SC(C)c1nnc(-c2cccc(C)c2)o1. The Labute approximate surface area is 208 Å². The number of hydrogen-bond acceptors (Lipinski definition) is 7. The molecule has 0 fully saturated rings. The fourth-order valence-corrected chi connectivity index (χ4v) is 4.87. The second-order valence-electron chi connectivity index (χ2n) is 8.03. The molecule has 2 heterocycles. The normalized spacial score (nSPS) is 12.3. The Morgan fingerprint density at radius 1 is 1.03 bits per heavy atom. The predicted octanol–water partition coefficient (Wildman–Crippen LogP) is 7.08. The van der Waals surface area contributed by atoms with Gasteiger partial charge in [0.1, 0.15) is 12.4 Å². The topological polar surface area (TPSA) is 78.9 Å². The second-order valence-corrected chi connectivity index (χ2v) is 9.75. The van der Waals surface area contributed by atoms with Crippen molar-refractivity contribution < 1.29 is 9.15 Å². The van der Waals surface area contributed by atoms with E-state index in [1.807, 2.05) is 56.3 Å². The van der Waals surface area contributed by atoms with Crippen LogP contribution in [0.4, 0.5) is 0 Å². The number of aromatic nitrogens is 5. The first-order valence-electron chi connectivity index (χ1n) is 11.4. The molecule has 0 saturated carbocycles. The van der Waals surface area contributed by atoms with E-state index >= 15 is 0 Å². The maximum absolute atomic E-state index is 6.25. The molecular weight excluding hydrogens is 470 g/mol. The van der Waals surface area contributed by atoms with Crippen molar-refractivity contribution in [3.8, 4) is 17.2 Å². The summed E-state index contributed by atoms with van der Waals surface area (Å²) in [7, 11) is 0. The number of thioether (sulfide) groups is 1. The molecule has 0 saturated heterocycles. The van der Waals surface area contributed by atoms with Crippen LogP contribution in [0.5, 0.6) is 5.75 Å². The maximum atomic E-state index is 6.25. The molecule has 4 rings (SSSR count). The number of halogens is 1. The fraction of sp³-hybridized carbons (Fsp3) is 0.360. The number of hydrogen-bond donors (Lipinski definition) is 0. The van der Waals surface area contributed by atoms with Crippen LogP contribution in [0.2, 0.25) is 5.02 Å². The van der Waals surface area contributed by atoms with E-state index < -0.39 is 0 Å². The lowest BCUT2D eigenvalue weighted by atomic mass is 10.1. The lowest BCUT2D eigenvalue weighted by Crippen LogP contribution is -2.14. The summed E-state index contributed by atoms with van der Waals surface area (Å²) in [5, 5.41) is 18.7. The number of aryl methyl sites for hydroxylation is 1. The average molecular weight is 498 g/mol. The van der Waals surface area contributed by atoms with Gasteiger partial charge in [-0.05, 0) is 51.0 Å². The van der Waals surface area contributed by atoms with Crippen LogP contribution in [0.3, 0.4) is 0 Å². The van der Waals surface area contributed by atoms with Gasteiger partial charge in [0.25, 0.3) is 0 Å². The molecule has 0 aliphatic carbocycles. The van der Waals surface area contributed by atoms with Gasteiger partial charge in [-0.25, -0.2) is 0 Å². The minimum atomic E-state index is -0.0966. The highest BCUT2D eigenvalue weighted by atomic mass is 35.5. The molecule has 0 spiro atoms. The average Bonchev–Trinajstić information content (AvgIpc) is 3.48. The summed E-state index contributed by atoms with van der Waals surface area (Å²) in [4.78, 5) is 0. The number of nitrogens with zero attached hydrogens (tertiary/aromatic N) is 5. The molecule has 2 aromatic heterocycles. The third kappa shape index (κ3) is 5.45. The molecule has 0 amide bonds. The zero-order chi connectivity index (χ0) is 24.1. The van der Waals surface area contributed by atoms with E-state index in [9.17, 15) is 0 Å². The Kier molecular flexibility index (Phi) is 7.90. The summed E-state index contributed by atoms with van der Waals surface area (Å²) >= 11 is 7.80. The van der Waals surface area contributed by atoms with E-state index in [2.05, 4.69) is 38.8 Å². The van der Waals surface area contributed by atoms with Crippen LogP contribution in [0.15, 0.2) is 58.1 Å². The van der Waals surface area contributed by atoms with Gasteiger partial charge in [-0.2, -0.15) is 0 Å². The van der Waals surface area contributed by atoms with Crippen molar-refractivity contribution in [1.29, 1.82) is 0 Å². The molecule has 7 nitrogen and oxygen atoms in total. The summed E-state index contributed by atoms with van der Waals surface area (Å²) < 4.78 is 14.1. The van der Waals surface area contributed by atoms with Crippen LogP contribution >= 0.6 is 23.4 Å². The predicted molar refractivity (Wildman–Crippen MR) is 134 cm³/mol. The van der Waals surface area contributed by atoms with E-state index in [1.54, 1.807) is 17.8 Å². The van der Waals surface area contributed by atoms with Crippen molar-refractivity contribution in [2.24, 2.45) is 0 Å². The van der Waals surface area contributed by atoms with Gasteiger partial charge < -0.3 is 13.7 Å². The lowest BCUT2D eigenvalue weighted by Gasteiger charge is -2.20. The molecule has 178 valence electrons. The van der Waals surface area contributed by atoms with E-state index in [0.29, 0.717) is 22.6 Å². The van der Waals surface area contributed by atoms with Gasteiger partial charge in [0.05, 0.1) is 10.3 Å². The molecule has 1 unspecified atom stereocenters. The minimum Gasteiger partial charge on any atom is -0.484 e. The Hall–Kier alpha value is -2.84. The zero-order valence-corrected chi connectivity index (χ0v) is 21.3. The van der Waals surface area contributed by atoms with Gasteiger partial charge >= 0.3 is 0 Å². The molecule has 0 aliphatic heterocycles. The van der Waals surface area contributed by atoms with Crippen molar-refractivity contribution >= 4 is 23.4 Å². The van der Waals surface area contributed by atoms with Crippen molar-refractivity contribution in [2.45, 2.75) is 63.6 Å². The Morgan fingerprint density at radius 3 is 2.56 bits per heavy atom. The summed E-state index contributed by atoms with van der Waals surface area (Å²) in [5.41, 5.74) is 2.06. The van der Waals surface area contributed by atoms with Crippen LogP contribution in [-0.2, 0) is 6.61 Å². The largest absolute Gasteiger partial charge is 0.484 e. The Bertz CT molecular complexity index is 1240. The summed E-state index contributed by atoms with van der Waals surface area (Å²) in [6.07, 6.45) is 1.90. The van der Waals surface area contributed by atoms with Gasteiger partial charge in [0.2, 0.25) is 11.8 Å². The molecular formula is C25H28ClN5O2S. The fourth-order valence-electron chi connectivity index (χ4n) is 3.71. The highest BCUT2D eigenvalue weighted by Gasteiger charge is 2.24. The van der Waals surface area contributed by atoms with Crippen molar-refractivity contribution in [1.82, 2.24) is 25.0 Å². The van der Waals surface area contributed by atoms with Gasteiger partial charge in [-0.3, -0.25) is 0 Å². The van der Waals surface area contributed by atoms with Crippen LogP contribution in [0.1, 0.15) is 62.2 Å². The van der Waals surface area contributed by atoms with E-state index in [-0.39, 0.29) is 17.9 Å². The van der Waals surface area contributed by atoms with E-state index in [4.69, 9.17) is 20.8 Å². The Morgan fingerprint density at radius 2 is 1.82 bits per heavy atom. The Balaban J connectivity index is 1.54. The second kappa shape index (κ2) is 11.1. The highest BCUT2D eigenvalue weighted by Crippen LogP contribution is 2.37. The van der Waals surface area contributed by atoms with Gasteiger partial charge in [-0.15, -0.1) is 20.4 Å². The molecule has 0 radical (unpaired) electrons. The van der Waals surface area contributed by atoms with Crippen LogP contribution in [-0.4, -0.2) is 25.0 Å². The molecule has 0 aliphatic rings. The van der Waals surface area contributed by atoms with Crippen LogP contribution in [0.25, 0.3) is 11.5 Å². The maximum Gasteiger partial charge on any atom is 0.247 e. The molecule has 0 N–H and O–H groups in total. The smallest absolute Gasteiger partial charge is 0.247 e. The van der Waals surface area contributed by atoms with Crippen LogP contribution < -0.4 is 4.74 Å². The number of rotatable bonds is 10.